The number of aromatic nitrogens is 2. The molecule has 2 rings (SSSR count). The van der Waals surface area contributed by atoms with Gasteiger partial charge in [0.05, 0.1) is 4.92 Å². The van der Waals surface area contributed by atoms with E-state index in [1.165, 1.54) is 17.6 Å². The molecule has 0 saturated carbocycles. The van der Waals surface area contributed by atoms with Crippen molar-refractivity contribution in [1.82, 2.24) is 9.36 Å². The molecule has 0 spiro atoms. The molecular weight excluding hydrogens is 308 g/mol. The van der Waals surface area contributed by atoms with Gasteiger partial charge in [0.25, 0.3) is 5.69 Å². The van der Waals surface area contributed by atoms with Crippen LogP contribution in [-0.2, 0) is 5.75 Å². The molecule has 0 atom stereocenters. The number of nitrogens with one attached hydrogen (secondary N) is 1. The van der Waals surface area contributed by atoms with E-state index in [0.717, 1.165) is 22.1 Å². The fourth-order valence-electron chi connectivity index (χ4n) is 1.79. The van der Waals surface area contributed by atoms with Crippen molar-refractivity contribution in [2.24, 2.45) is 0 Å². The van der Waals surface area contributed by atoms with Crippen molar-refractivity contribution in [3.63, 3.8) is 0 Å². The van der Waals surface area contributed by atoms with Crippen LogP contribution >= 0.6 is 23.3 Å². The van der Waals surface area contributed by atoms with Gasteiger partial charge in [0.2, 0.25) is 0 Å². The Morgan fingerprint density at radius 2 is 2.29 bits per heavy atom. The topological polar surface area (TPSA) is 81.0 Å². The zero-order chi connectivity index (χ0) is 15.2. The molecule has 0 aliphatic rings. The standard InChI is InChI=1S/C13H16N4O2S2/c1-3-7-14-12-10(5-4-6-11(12)17(18)19)8-20-13-15-9(2)16-21-13/h4-6,14H,3,7-8H2,1-2H3. The van der Waals surface area contributed by atoms with Crippen molar-refractivity contribution < 1.29 is 4.92 Å². The first-order valence-electron chi connectivity index (χ1n) is 6.55. The Morgan fingerprint density at radius 3 is 2.90 bits per heavy atom. The minimum absolute atomic E-state index is 0.120. The first-order chi connectivity index (χ1) is 10.1. The van der Waals surface area contributed by atoms with Crippen LogP contribution in [0.25, 0.3) is 0 Å². The third kappa shape index (κ3) is 4.15. The molecule has 0 unspecified atom stereocenters. The molecule has 1 aromatic carbocycles. The fraction of sp³-hybridized carbons (Fsp3) is 0.385. The summed E-state index contributed by atoms with van der Waals surface area (Å²) in [5.41, 5.74) is 1.64. The average molecular weight is 324 g/mol. The van der Waals surface area contributed by atoms with Crippen LogP contribution < -0.4 is 5.32 Å². The van der Waals surface area contributed by atoms with Crippen molar-refractivity contribution in [2.45, 2.75) is 30.4 Å². The van der Waals surface area contributed by atoms with Crippen LogP contribution in [0.2, 0.25) is 0 Å². The van der Waals surface area contributed by atoms with Gasteiger partial charge in [-0.15, -0.1) is 0 Å². The lowest BCUT2D eigenvalue weighted by molar-refractivity contribution is -0.384. The van der Waals surface area contributed by atoms with Crippen molar-refractivity contribution in [2.75, 3.05) is 11.9 Å². The Morgan fingerprint density at radius 1 is 1.48 bits per heavy atom. The molecule has 0 amide bonds. The molecule has 1 aromatic heterocycles. The maximum Gasteiger partial charge on any atom is 0.292 e. The van der Waals surface area contributed by atoms with Crippen molar-refractivity contribution in [3.05, 3.63) is 39.7 Å². The number of rotatable bonds is 7. The summed E-state index contributed by atoms with van der Waals surface area (Å²) in [5, 5.41) is 14.3. The van der Waals surface area contributed by atoms with Crippen LogP contribution in [0.4, 0.5) is 11.4 Å². The number of aryl methyl sites for hydroxylation is 1. The van der Waals surface area contributed by atoms with Crippen LogP contribution in [-0.4, -0.2) is 20.8 Å². The molecule has 112 valence electrons. The maximum atomic E-state index is 11.2. The second-order valence-corrected chi connectivity index (χ2v) is 6.37. The van der Waals surface area contributed by atoms with Crippen LogP contribution in [0.15, 0.2) is 22.5 Å². The summed E-state index contributed by atoms with van der Waals surface area (Å²) in [6, 6.07) is 5.16. The summed E-state index contributed by atoms with van der Waals surface area (Å²) in [4.78, 5) is 15.1. The lowest BCUT2D eigenvalue weighted by Gasteiger charge is -2.11. The van der Waals surface area contributed by atoms with Gasteiger partial charge in [0.15, 0.2) is 4.34 Å². The molecule has 1 N–H and O–H groups in total. The van der Waals surface area contributed by atoms with E-state index in [2.05, 4.69) is 14.7 Å². The van der Waals surface area contributed by atoms with E-state index in [1.54, 1.807) is 17.8 Å². The van der Waals surface area contributed by atoms with E-state index in [0.29, 0.717) is 18.0 Å². The Hall–Kier alpha value is -1.67. The van der Waals surface area contributed by atoms with Crippen LogP contribution in [0.3, 0.4) is 0 Å². The van der Waals surface area contributed by atoms with E-state index < -0.39 is 0 Å². The van der Waals surface area contributed by atoms with E-state index in [9.17, 15) is 10.1 Å². The zero-order valence-corrected chi connectivity index (χ0v) is 13.5. The number of benzene rings is 1. The van der Waals surface area contributed by atoms with Gasteiger partial charge < -0.3 is 5.32 Å². The summed E-state index contributed by atoms with van der Waals surface area (Å²) < 4.78 is 5.01. The number of nitro benzene ring substituents is 1. The Balaban J connectivity index is 2.20. The fourth-order valence-corrected chi connectivity index (χ4v) is 3.43. The average Bonchev–Trinajstić information content (AvgIpc) is 2.88. The number of hydrogen-bond donors (Lipinski definition) is 1. The Labute approximate surface area is 131 Å². The summed E-state index contributed by atoms with van der Waals surface area (Å²) in [7, 11) is 0. The smallest absolute Gasteiger partial charge is 0.292 e. The summed E-state index contributed by atoms with van der Waals surface area (Å²) in [6.45, 7) is 4.59. The molecular formula is C13H16N4O2S2. The third-order valence-corrected chi connectivity index (χ3v) is 4.71. The van der Waals surface area contributed by atoms with Crippen LogP contribution in [0.5, 0.6) is 0 Å². The molecule has 8 heteroatoms. The van der Waals surface area contributed by atoms with Crippen molar-refractivity contribution in [3.8, 4) is 0 Å². The van der Waals surface area contributed by atoms with Crippen LogP contribution in [0.1, 0.15) is 24.7 Å². The number of nitrogens with zero attached hydrogens (tertiary/aromatic N) is 3. The quantitative estimate of drug-likeness (QED) is 0.473. The van der Waals surface area contributed by atoms with E-state index >= 15 is 0 Å². The molecule has 0 aliphatic heterocycles. The second-order valence-electron chi connectivity index (χ2n) is 4.39. The van der Waals surface area contributed by atoms with Crippen molar-refractivity contribution in [1.29, 1.82) is 0 Å². The van der Waals surface area contributed by atoms with Gasteiger partial charge in [-0.2, -0.15) is 4.37 Å². The van der Waals surface area contributed by atoms with E-state index in [1.807, 2.05) is 19.9 Å². The summed E-state index contributed by atoms with van der Waals surface area (Å²) in [5.74, 6) is 1.38. The Kier molecular flexibility index (Phi) is 5.51. The maximum absolute atomic E-state index is 11.2. The zero-order valence-electron chi connectivity index (χ0n) is 11.8. The van der Waals surface area contributed by atoms with Crippen LogP contribution in [0, 0.1) is 17.0 Å². The predicted molar refractivity (Wildman–Crippen MR) is 86.1 cm³/mol. The van der Waals surface area contributed by atoms with Gasteiger partial charge in [0.1, 0.15) is 11.5 Å². The van der Waals surface area contributed by atoms with Crippen molar-refractivity contribution >= 4 is 34.7 Å². The predicted octanol–water partition coefficient (Wildman–Crippen LogP) is 3.87. The lowest BCUT2D eigenvalue weighted by Crippen LogP contribution is -2.06. The highest BCUT2D eigenvalue weighted by atomic mass is 32.2. The van der Waals surface area contributed by atoms with Gasteiger partial charge in [0, 0.05) is 18.4 Å². The molecule has 2 aromatic rings. The SMILES string of the molecule is CCCNc1c(CSc2nc(C)ns2)cccc1[N+](=O)[O-]. The lowest BCUT2D eigenvalue weighted by atomic mass is 10.1. The van der Waals surface area contributed by atoms with E-state index in [4.69, 9.17) is 0 Å². The van der Waals surface area contributed by atoms with E-state index in [-0.39, 0.29) is 10.6 Å². The highest BCUT2D eigenvalue weighted by Crippen LogP contribution is 2.33. The monoisotopic (exact) mass is 324 g/mol. The number of nitro groups is 1. The molecule has 6 nitrogen and oxygen atoms in total. The molecule has 0 radical (unpaired) electrons. The minimum atomic E-state index is -0.346. The largest absolute Gasteiger partial charge is 0.379 e. The first-order valence-corrected chi connectivity index (χ1v) is 8.31. The van der Waals surface area contributed by atoms with Gasteiger partial charge in [-0.25, -0.2) is 4.98 Å². The molecule has 0 bridgehead atoms. The number of para-hydroxylation sites is 1. The van der Waals surface area contributed by atoms with Gasteiger partial charge in [-0.05, 0) is 30.4 Å². The second kappa shape index (κ2) is 7.37. The van der Waals surface area contributed by atoms with Gasteiger partial charge in [-0.3, -0.25) is 10.1 Å². The first kappa shape index (κ1) is 15.7. The van der Waals surface area contributed by atoms with Gasteiger partial charge >= 0.3 is 0 Å². The summed E-state index contributed by atoms with van der Waals surface area (Å²) >= 11 is 2.90. The molecule has 0 saturated heterocycles. The summed E-state index contributed by atoms with van der Waals surface area (Å²) in [6.07, 6.45) is 0.911. The third-order valence-electron chi connectivity index (χ3n) is 2.74. The molecule has 1 heterocycles. The Bertz CT molecular complexity index is 630. The molecule has 0 fully saturated rings. The highest BCUT2D eigenvalue weighted by Gasteiger charge is 2.17. The number of anilines is 1. The normalized spacial score (nSPS) is 10.6. The highest BCUT2D eigenvalue weighted by molar-refractivity contribution is 8.00. The minimum Gasteiger partial charge on any atom is -0.379 e. The molecule has 21 heavy (non-hydrogen) atoms. The molecule has 0 aliphatic carbocycles. The number of hydrogen-bond acceptors (Lipinski definition) is 7. The number of thioether (sulfide) groups is 1. The van der Waals surface area contributed by atoms with Gasteiger partial charge in [-0.1, -0.05) is 30.8 Å².